The number of thiocarbonyl (C=S) groups is 1. The Morgan fingerprint density at radius 1 is 0.824 bits per heavy atom. The molecule has 3 aromatic carbocycles. The van der Waals surface area contributed by atoms with Crippen molar-refractivity contribution >= 4 is 38.8 Å². The van der Waals surface area contributed by atoms with Crippen LogP contribution in [0.2, 0.25) is 0 Å². The quantitative estimate of drug-likeness (QED) is 0.506. The van der Waals surface area contributed by atoms with Crippen LogP contribution in [0.3, 0.4) is 0 Å². The van der Waals surface area contributed by atoms with Crippen molar-refractivity contribution in [1.29, 1.82) is 0 Å². The first-order valence-electron chi connectivity index (χ1n) is 5.41. The minimum Gasteiger partial charge on any atom is -0.498 e. The number of hydrogen-bond acceptors (Lipinski definition) is 1. The van der Waals surface area contributed by atoms with E-state index in [1.165, 1.54) is 0 Å². The number of hydrogen-bond donors (Lipinski definition) is 1. The Hall–Kier alpha value is -1.93. The number of benzene rings is 3. The molecule has 0 spiro atoms. The molecule has 0 unspecified atom stereocenters. The fourth-order valence-corrected chi connectivity index (χ4v) is 2.46. The summed E-state index contributed by atoms with van der Waals surface area (Å²) in [7, 11) is 0. The highest BCUT2D eigenvalue weighted by Gasteiger charge is 2.09. The Kier molecular flexibility index (Phi) is 2.30. The Morgan fingerprint density at radius 2 is 1.29 bits per heavy atom. The zero-order valence-electron chi connectivity index (χ0n) is 9.05. The van der Waals surface area contributed by atoms with Crippen LogP contribution >= 0.6 is 12.2 Å². The molecule has 1 N–H and O–H groups in total. The lowest BCUT2D eigenvalue weighted by molar-refractivity contribution is 0.572. The van der Waals surface area contributed by atoms with Crippen LogP contribution in [0.4, 0.5) is 0 Å². The van der Waals surface area contributed by atoms with Crippen molar-refractivity contribution in [3.8, 4) is 0 Å². The second kappa shape index (κ2) is 3.82. The van der Waals surface area contributed by atoms with E-state index in [1.807, 2.05) is 48.5 Å². The minimum atomic E-state index is -0.0435. The van der Waals surface area contributed by atoms with Crippen LogP contribution in [0.1, 0.15) is 5.56 Å². The van der Waals surface area contributed by atoms with E-state index in [0.29, 0.717) is 0 Å². The topological polar surface area (TPSA) is 20.2 Å². The highest BCUT2D eigenvalue weighted by Crippen LogP contribution is 2.28. The van der Waals surface area contributed by atoms with Gasteiger partial charge in [-0.05, 0) is 39.8 Å². The molecule has 0 amide bonds. The second-order valence-corrected chi connectivity index (χ2v) is 4.39. The maximum absolute atomic E-state index is 9.75. The Bertz CT molecular complexity index is 677. The molecular formula is C15H10OS. The van der Waals surface area contributed by atoms with Gasteiger partial charge in [-0.15, -0.1) is 0 Å². The molecule has 1 nitrogen and oxygen atoms in total. The van der Waals surface area contributed by atoms with E-state index in [2.05, 4.69) is 6.07 Å². The third-order valence-electron chi connectivity index (χ3n) is 2.99. The van der Waals surface area contributed by atoms with E-state index in [1.54, 1.807) is 0 Å². The van der Waals surface area contributed by atoms with Gasteiger partial charge in [-0.3, -0.25) is 0 Å². The molecule has 0 aliphatic carbocycles. The normalized spacial score (nSPS) is 10.8. The van der Waals surface area contributed by atoms with E-state index < -0.39 is 0 Å². The molecule has 0 saturated heterocycles. The van der Waals surface area contributed by atoms with Gasteiger partial charge in [-0.25, -0.2) is 0 Å². The molecule has 82 valence electrons. The fourth-order valence-electron chi connectivity index (χ4n) is 2.24. The Morgan fingerprint density at radius 3 is 1.76 bits per heavy atom. The van der Waals surface area contributed by atoms with Crippen LogP contribution in [0, 0.1) is 0 Å². The summed E-state index contributed by atoms with van der Waals surface area (Å²) >= 11 is 4.97. The first-order valence-corrected chi connectivity index (χ1v) is 5.82. The smallest absolute Gasteiger partial charge is 0.189 e. The summed E-state index contributed by atoms with van der Waals surface area (Å²) in [6.07, 6.45) is 0. The number of fused-ring (bicyclic) bond motifs is 2. The van der Waals surface area contributed by atoms with Crippen LogP contribution in [-0.2, 0) is 0 Å². The molecule has 0 heterocycles. The average molecular weight is 238 g/mol. The van der Waals surface area contributed by atoms with E-state index >= 15 is 0 Å². The molecular weight excluding hydrogens is 228 g/mol. The Labute approximate surface area is 104 Å². The molecule has 0 aromatic heterocycles. The lowest BCUT2D eigenvalue weighted by Crippen LogP contribution is -1.97. The van der Waals surface area contributed by atoms with Crippen molar-refractivity contribution in [2.75, 3.05) is 0 Å². The second-order valence-electron chi connectivity index (χ2n) is 4.00. The van der Waals surface area contributed by atoms with Gasteiger partial charge in [-0.1, -0.05) is 48.5 Å². The summed E-state index contributed by atoms with van der Waals surface area (Å²) in [6, 6.07) is 18.0. The predicted octanol–water partition coefficient (Wildman–Crippen LogP) is 4.23. The third kappa shape index (κ3) is 1.58. The monoisotopic (exact) mass is 238 g/mol. The number of aliphatic hydroxyl groups is 1. The van der Waals surface area contributed by atoms with Crippen LogP contribution in [0.25, 0.3) is 21.5 Å². The van der Waals surface area contributed by atoms with Crippen molar-refractivity contribution in [3.63, 3.8) is 0 Å². The van der Waals surface area contributed by atoms with E-state index in [0.717, 1.165) is 27.1 Å². The molecule has 0 atom stereocenters. The molecule has 0 aliphatic rings. The fraction of sp³-hybridized carbons (Fsp3) is 0. The summed E-state index contributed by atoms with van der Waals surface area (Å²) in [5, 5.41) is 13.9. The number of aliphatic hydroxyl groups excluding tert-OH is 1. The Balaban J connectivity index is 2.61. The maximum Gasteiger partial charge on any atom is 0.189 e. The SMILES string of the molecule is OC(=S)c1c2ccccc2cc2ccccc12. The van der Waals surface area contributed by atoms with Crippen LogP contribution in [0.5, 0.6) is 0 Å². The average Bonchev–Trinajstić information content (AvgIpc) is 2.35. The zero-order chi connectivity index (χ0) is 11.8. The van der Waals surface area contributed by atoms with E-state index in [-0.39, 0.29) is 5.05 Å². The van der Waals surface area contributed by atoms with Crippen molar-refractivity contribution in [2.24, 2.45) is 0 Å². The molecule has 3 rings (SSSR count). The third-order valence-corrected chi connectivity index (χ3v) is 3.19. The minimum absolute atomic E-state index is 0.0435. The summed E-state index contributed by atoms with van der Waals surface area (Å²) in [6.45, 7) is 0. The van der Waals surface area contributed by atoms with Gasteiger partial charge in [0.05, 0.1) is 0 Å². The summed E-state index contributed by atoms with van der Waals surface area (Å²) in [5.74, 6) is 0. The summed E-state index contributed by atoms with van der Waals surface area (Å²) < 4.78 is 0. The summed E-state index contributed by atoms with van der Waals surface area (Å²) in [5.41, 5.74) is 0.758. The van der Waals surface area contributed by atoms with Gasteiger partial charge in [0.25, 0.3) is 0 Å². The largest absolute Gasteiger partial charge is 0.498 e. The van der Waals surface area contributed by atoms with Gasteiger partial charge in [-0.2, -0.15) is 0 Å². The van der Waals surface area contributed by atoms with Gasteiger partial charge >= 0.3 is 0 Å². The lowest BCUT2D eigenvalue weighted by atomic mass is 9.97. The van der Waals surface area contributed by atoms with E-state index in [4.69, 9.17) is 12.2 Å². The zero-order valence-corrected chi connectivity index (χ0v) is 9.87. The van der Waals surface area contributed by atoms with Gasteiger partial charge in [0, 0.05) is 5.56 Å². The molecule has 0 saturated carbocycles. The van der Waals surface area contributed by atoms with Gasteiger partial charge in [0.2, 0.25) is 0 Å². The van der Waals surface area contributed by atoms with Gasteiger partial charge < -0.3 is 5.11 Å². The van der Waals surface area contributed by atoms with Crippen molar-refractivity contribution in [1.82, 2.24) is 0 Å². The highest BCUT2D eigenvalue weighted by atomic mass is 32.1. The van der Waals surface area contributed by atoms with Crippen molar-refractivity contribution in [3.05, 3.63) is 60.2 Å². The standard InChI is InChI=1S/C15H10OS/c16-15(17)14-12-7-3-1-5-10(12)9-11-6-2-4-8-13(11)14/h1-9H,(H,16,17). The highest BCUT2D eigenvalue weighted by molar-refractivity contribution is 7.80. The molecule has 0 radical (unpaired) electrons. The molecule has 0 fully saturated rings. The number of rotatable bonds is 1. The maximum atomic E-state index is 9.75. The molecule has 0 aliphatic heterocycles. The van der Waals surface area contributed by atoms with Crippen LogP contribution < -0.4 is 0 Å². The van der Waals surface area contributed by atoms with Gasteiger partial charge in [0.1, 0.15) is 0 Å². The predicted molar refractivity (Wildman–Crippen MR) is 75.8 cm³/mol. The molecule has 2 heteroatoms. The molecule has 3 aromatic rings. The lowest BCUT2D eigenvalue weighted by Gasteiger charge is -2.09. The van der Waals surface area contributed by atoms with Gasteiger partial charge in [0.15, 0.2) is 5.05 Å². The first kappa shape index (κ1) is 10.2. The molecule has 0 bridgehead atoms. The molecule has 17 heavy (non-hydrogen) atoms. The van der Waals surface area contributed by atoms with Crippen molar-refractivity contribution in [2.45, 2.75) is 0 Å². The summed E-state index contributed by atoms with van der Waals surface area (Å²) in [4.78, 5) is 0. The van der Waals surface area contributed by atoms with Crippen LogP contribution in [-0.4, -0.2) is 10.2 Å². The van der Waals surface area contributed by atoms with E-state index in [9.17, 15) is 5.11 Å². The van der Waals surface area contributed by atoms with Crippen LogP contribution in [0.15, 0.2) is 54.6 Å². The van der Waals surface area contributed by atoms with Crippen molar-refractivity contribution < 1.29 is 5.11 Å². The first-order chi connectivity index (χ1) is 8.27.